The van der Waals surface area contributed by atoms with Crippen molar-refractivity contribution in [3.05, 3.63) is 59.7 Å². The van der Waals surface area contributed by atoms with Crippen LogP contribution in [0.4, 0.5) is 10.5 Å². The first-order valence-electron chi connectivity index (χ1n) is 8.70. The SMILES string of the molecule is CCOc1cc(C=CC(=O)c2ccc(N3CCOC3=O)cc2)ccc1OC. The maximum Gasteiger partial charge on any atom is 0.414 e. The first-order chi connectivity index (χ1) is 13.1. The summed E-state index contributed by atoms with van der Waals surface area (Å²) in [6.07, 6.45) is 2.88. The maximum absolute atomic E-state index is 12.4. The zero-order valence-corrected chi connectivity index (χ0v) is 15.3. The lowest BCUT2D eigenvalue weighted by atomic mass is 10.1. The van der Waals surface area contributed by atoms with Crippen LogP contribution in [0, 0.1) is 0 Å². The van der Waals surface area contributed by atoms with Crippen molar-refractivity contribution in [3.63, 3.8) is 0 Å². The Balaban J connectivity index is 1.71. The van der Waals surface area contributed by atoms with Gasteiger partial charge in [-0.05, 0) is 55.0 Å². The first-order valence-corrected chi connectivity index (χ1v) is 8.70. The fourth-order valence-corrected chi connectivity index (χ4v) is 2.77. The number of methoxy groups -OCH3 is 1. The summed E-state index contributed by atoms with van der Waals surface area (Å²) in [5.41, 5.74) is 2.10. The van der Waals surface area contributed by atoms with Crippen LogP contribution in [0.3, 0.4) is 0 Å². The van der Waals surface area contributed by atoms with E-state index in [1.54, 1.807) is 43.5 Å². The zero-order valence-electron chi connectivity index (χ0n) is 15.3. The summed E-state index contributed by atoms with van der Waals surface area (Å²) in [5.74, 6) is 1.16. The van der Waals surface area contributed by atoms with Crippen molar-refractivity contribution in [1.82, 2.24) is 0 Å². The van der Waals surface area contributed by atoms with E-state index >= 15 is 0 Å². The van der Waals surface area contributed by atoms with Gasteiger partial charge >= 0.3 is 6.09 Å². The van der Waals surface area contributed by atoms with Gasteiger partial charge in [0.05, 0.1) is 20.3 Å². The number of anilines is 1. The summed E-state index contributed by atoms with van der Waals surface area (Å²) in [4.78, 5) is 25.5. The Labute approximate surface area is 158 Å². The Bertz CT molecular complexity index is 857. The summed E-state index contributed by atoms with van der Waals surface area (Å²) in [7, 11) is 1.59. The number of carbonyl (C=O) groups is 2. The van der Waals surface area contributed by atoms with Crippen LogP contribution < -0.4 is 14.4 Å². The molecule has 6 heteroatoms. The Morgan fingerprint density at radius 3 is 2.59 bits per heavy atom. The predicted molar refractivity (Wildman–Crippen MR) is 103 cm³/mol. The molecular weight excluding hydrogens is 346 g/mol. The van der Waals surface area contributed by atoms with Crippen molar-refractivity contribution in [2.75, 3.05) is 31.8 Å². The number of ether oxygens (including phenoxy) is 3. The number of hydrogen-bond acceptors (Lipinski definition) is 5. The summed E-state index contributed by atoms with van der Waals surface area (Å²) in [5, 5.41) is 0. The van der Waals surface area contributed by atoms with Gasteiger partial charge in [0.1, 0.15) is 6.61 Å². The van der Waals surface area contributed by atoms with E-state index in [2.05, 4.69) is 0 Å². The van der Waals surface area contributed by atoms with Gasteiger partial charge in [-0.3, -0.25) is 9.69 Å². The van der Waals surface area contributed by atoms with Crippen LogP contribution >= 0.6 is 0 Å². The molecule has 0 radical (unpaired) electrons. The largest absolute Gasteiger partial charge is 0.493 e. The van der Waals surface area contributed by atoms with Crippen LogP contribution in [-0.2, 0) is 4.74 Å². The minimum atomic E-state index is -0.362. The molecule has 0 aliphatic carbocycles. The molecule has 0 N–H and O–H groups in total. The number of cyclic esters (lactones) is 1. The third-order valence-electron chi connectivity index (χ3n) is 4.14. The number of benzene rings is 2. The van der Waals surface area contributed by atoms with Crippen molar-refractivity contribution < 1.29 is 23.8 Å². The van der Waals surface area contributed by atoms with E-state index in [0.717, 1.165) is 11.3 Å². The second-order valence-electron chi connectivity index (χ2n) is 5.85. The standard InChI is InChI=1S/C21H21NO5/c1-3-26-20-14-15(5-11-19(20)25-2)4-10-18(23)16-6-8-17(9-7-16)22-12-13-27-21(22)24/h4-11,14H,3,12-13H2,1-2H3. The highest BCUT2D eigenvalue weighted by Crippen LogP contribution is 2.28. The van der Waals surface area contributed by atoms with Crippen molar-refractivity contribution in [1.29, 1.82) is 0 Å². The molecule has 27 heavy (non-hydrogen) atoms. The van der Waals surface area contributed by atoms with Gasteiger partial charge in [-0.2, -0.15) is 0 Å². The van der Waals surface area contributed by atoms with E-state index < -0.39 is 0 Å². The van der Waals surface area contributed by atoms with Gasteiger partial charge in [0, 0.05) is 11.3 Å². The second kappa shape index (κ2) is 8.40. The Kier molecular flexibility index (Phi) is 5.76. The number of rotatable bonds is 7. The van der Waals surface area contributed by atoms with Crippen LogP contribution in [0.1, 0.15) is 22.8 Å². The van der Waals surface area contributed by atoms with Crippen LogP contribution in [0.15, 0.2) is 48.5 Å². The molecule has 1 amide bonds. The number of amides is 1. The third-order valence-corrected chi connectivity index (χ3v) is 4.14. The van der Waals surface area contributed by atoms with Crippen molar-refractivity contribution in [3.8, 4) is 11.5 Å². The van der Waals surface area contributed by atoms with Crippen molar-refractivity contribution in [2.45, 2.75) is 6.92 Å². The monoisotopic (exact) mass is 367 g/mol. The Morgan fingerprint density at radius 1 is 1.19 bits per heavy atom. The fraction of sp³-hybridized carbons (Fsp3) is 0.238. The molecule has 140 valence electrons. The van der Waals surface area contributed by atoms with E-state index in [9.17, 15) is 9.59 Å². The van der Waals surface area contributed by atoms with Gasteiger partial charge in [0.2, 0.25) is 0 Å². The van der Waals surface area contributed by atoms with E-state index in [1.807, 2.05) is 19.1 Å². The molecule has 2 aromatic carbocycles. The Morgan fingerprint density at radius 2 is 1.96 bits per heavy atom. The summed E-state index contributed by atoms with van der Waals surface area (Å²) >= 11 is 0. The van der Waals surface area contributed by atoms with E-state index in [0.29, 0.717) is 36.8 Å². The normalized spacial score (nSPS) is 13.7. The number of allylic oxidation sites excluding steroid dienone is 1. The molecule has 1 heterocycles. The van der Waals surface area contributed by atoms with E-state index in [4.69, 9.17) is 14.2 Å². The first kappa shape index (κ1) is 18.5. The molecule has 2 aromatic rings. The van der Waals surface area contributed by atoms with Crippen LogP contribution in [0.2, 0.25) is 0 Å². The minimum Gasteiger partial charge on any atom is -0.493 e. The molecule has 3 rings (SSSR count). The zero-order chi connectivity index (χ0) is 19.2. The quantitative estimate of drug-likeness (QED) is 0.548. The number of hydrogen-bond donors (Lipinski definition) is 0. The van der Waals surface area contributed by atoms with Crippen molar-refractivity contribution in [2.24, 2.45) is 0 Å². The molecule has 1 fully saturated rings. The van der Waals surface area contributed by atoms with Gasteiger partial charge < -0.3 is 14.2 Å². The average molecular weight is 367 g/mol. The highest BCUT2D eigenvalue weighted by molar-refractivity contribution is 6.07. The van der Waals surface area contributed by atoms with Crippen LogP contribution in [-0.4, -0.2) is 38.7 Å². The number of carbonyl (C=O) groups excluding carboxylic acids is 2. The van der Waals surface area contributed by atoms with E-state index in [-0.39, 0.29) is 11.9 Å². The lowest BCUT2D eigenvalue weighted by Gasteiger charge is -2.12. The fourth-order valence-electron chi connectivity index (χ4n) is 2.77. The van der Waals surface area contributed by atoms with Gasteiger partial charge in [-0.15, -0.1) is 0 Å². The van der Waals surface area contributed by atoms with Gasteiger partial charge in [0.15, 0.2) is 17.3 Å². The van der Waals surface area contributed by atoms with Gasteiger partial charge in [-0.25, -0.2) is 4.79 Å². The number of nitrogens with zero attached hydrogens (tertiary/aromatic N) is 1. The topological polar surface area (TPSA) is 65.1 Å². The highest BCUT2D eigenvalue weighted by atomic mass is 16.6. The lowest BCUT2D eigenvalue weighted by Crippen LogP contribution is -2.23. The molecule has 0 spiro atoms. The molecule has 1 aliphatic heterocycles. The molecule has 0 unspecified atom stereocenters. The molecule has 1 aliphatic rings. The number of ketones is 1. The molecule has 0 aromatic heterocycles. The summed E-state index contributed by atoms with van der Waals surface area (Å²) in [6.45, 7) is 3.33. The molecule has 6 nitrogen and oxygen atoms in total. The van der Waals surface area contributed by atoms with Gasteiger partial charge in [-0.1, -0.05) is 12.1 Å². The Hall–Kier alpha value is -3.28. The summed E-state index contributed by atoms with van der Waals surface area (Å²) < 4.78 is 15.7. The van der Waals surface area contributed by atoms with Gasteiger partial charge in [0.25, 0.3) is 0 Å². The molecule has 1 saturated heterocycles. The predicted octanol–water partition coefficient (Wildman–Crippen LogP) is 3.95. The smallest absolute Gasteiger partial charge is 0.414 e. The van der Waals surface area contributed by atoms with Crippen LogP contribution in [0.25, 0.3) is 6.08 Å². The van der Waals surface area contributed by atoms with Crippen LogP contribution in [0.5, 0.6) is 11.5 Å². The third kappa shape index (κ3) is 4.28. The summed E-state index contributed by atoms with van der Waals surface area (Å²) in [6, 6.07) is 12.4. The van der Waals surface area contributed by atoms with E-state index in [1.165, 1.54) is 11.0 Å². The highest BCUT2D eigenvalue weighted by Gasteiger charge is 2.23. The molecular formula is C21H21NO5. The maximum atomic E-state index is 12.4. The second-order valence-corrected chi connectivity index (χ2v) is 5.85. The molecule has 0 atom stereocenters. The van der Waals surface area contributed by atoms with Crippen molar-refractivity contribution >= 4 is 23.6 Å². The minimum absolute atomic E-state index is 0.126. The average Bonchev–Trinajstić information content (AvgIpc) is 3.12. The molecule has 0 bridgehead atoms. The molecule has 0 saturated carbocycles. The lowest BCUT2D eigenvalue weighted by molar-refractivity contribution is 0.104.